The van der Waals surface area contributed by atoms with Gasteiger partial charge in [0.25, 0.3) is 5.78 Å². The van der Waals surface area contributed by atoms with Gasteiger partial charge in [-0.25, -0.2) is 4.98 Å². The summed E-state index contributed by atoms with van der Waals surface area (Å²) >= 11 is 0. The molecule has 124 valence electrons. The van der Waals surface area contributed by atoms with Gasteiger partial charge in [0, 0.05) is 51.1 Å². The molecule has 7 heteroatoms. The zero-order chi connectivity index (χ0) is 15.6. The quantitative estimate of drug-likeness (QED) is 0.833. The first-order chi connectivity index (χ1) is 11.3. The Morgan fingerprint density at radius 1 is 1.26 bits per heavy atom. The number of fused-ring (bicyclic) bond motifs is 1. The number of ether oxygens (including phenoxy) is 1. The molecule has 2 aromatic rings. The predicted molar refractivity (Wildman–Crippen MR) is 87.7 cm³/mol. The SMILES string of the molecule is CCc1cc(N2CCN(CC3CCOC3)CC2)n2ncnc2n1. The Morgan fingerprint density at radius 3 is 2.87 bits per heavy atom. The van der Waals surface area contributed by atoms with Crippen molar-refractivity contribution in [1.29, 1.82) is 0 Å². The molecule has 1 atom stereocenters. The van der Waals surface area contributed by atoms with Gasteiger partial charge in [0.05, 0.1) is 6.61 Å². The third-order valence-electron chi connectivity index (χ3n) is 4.88. The van der Waals surface area contributed by atoms with Crippen LogP contribution in [0.25, 0.3) is 5.78 Å². The Hall–Kier alpha value is -1.73. The minimum Gasteiger partial charge on any atom is -0.381 e. The van der Waals surface area contributed by atoms with Crippen LogP contribution >= 0.6 is 0 Å². The minimum atomic E-state index is 0.699. The van der Waals surface area contributed by atoms with E-state index in [-0.39, 0.29) is 0 Å². The summed E-state index contributed by atoms with van der Waals surface area (Å²) in [4.78, 5) is 13.8. The molecule has 23 heavy (non-hydrogen) atoms. The third kappa shape index (κ3) is 3.03. The van der Waals surface area contributed by atoms with Crippen LogP contribution in [0, 0.1) is 5.92 Å². The van der Waals surface area contributed by atoms with Crippen LogP contribution in [0.3, 0.4) is 0 Å². The van der Waals surface area contributed by atoms with Crippen LogP contribution < -0.4 is 4.90 Å². The van der Waals surface area contributed by atoms with Gasteiger partial charge in [-0.1, -0.05) is 6.92 Å². The third-order valence-corrected chi connectivity index (χ3v) is 4.88. The van der Waals surface area contributed by atoms with E-state index in [9.17, 15) is 0 Å². The molecule has 2 aliphatic heterocycles. The van der Waals surface area contributed by atoms with Crippen molar-refractivity contribution in [2.45, 2.75) is 19.8 Å². The number of hydrogen-bond acceptors (Lipinski definition) is 6. The van der Waals surface area contributed by atoms with E-state index in [0.717, 1.165) is 63.2 Å². The fraction of sp³-hybridized carbons (Fsp3) is 0.688. The molecule has 2 saturated heterocycles. The lowest BCUT2D eigenvalue weighted by molar-refractivity contribution is 0.164. The topological polar surface area (TPSA) is 58.8 Å². The van der Waals surface area contributed by atoms with Crippen LogP contribution in [0.1, 0.15) is 19.0 Å². The highest BCUT2D eigenvalue weighted by Crippen LogP contribution is 2.20. The molecule has 2 aliphatic rings. The summed E-state index contributed by atoms with van der Waals surface area (Å²) in [6.45, 7) is 9.40. The summed E-state index contributed by atoms with van der Waals surface area (Å²) in [7, 11) is 0. The second-order valence-corrected chi connectivity index (χ2v) is 6.45. The van der Waals surface area contributed by atoms with Gasteiger partial charge >= 0.3 is 0 Å². The fourth-order valence-corrected chi connectivity index (χ4v) is 3.50. The van der Waals surface area contributed by atoms with E-state index in [1.165, 1.54) is 13.0 Å². The maximum atomic E-state index is 5.49. The molecule has 0 aliphatic carbocycles. The van der Waals surface area contributed by atoms with Crippen molar-refractivity contribution in [1.82, 2.24) is 24.5 Å². The van der Waals surface area contributed by atoms with Crippen molar-refractivity contribution in [3.63, 3.8) is 0 Å². The zero-order valence-corrected chi connectivity index (χ0v) is 13.7. The minimum absolute atomic E-state index is 0.699. The molecule has 2 aromatic heterocycles. The number of hydrogen-bond donors (Lipinski definition) is 0. The molecule has 0 radical (unpaired) electrons. The molecule has 0 aromatic carbocycles. The Kier molecular flexibility index (Phi) is 4.13. The first-order valence-corrected chi connectivity index (χ1v) is 8.58. The molecule has 0 amide bonds. The average molecular weight is 316 g/mol. The van der Waals surface area contributed by atoms with Crippen molar-refractivity contribution >= 4 is 11.6 Å². The second-order valence-electron chi connectivity index (χ2n) is 6.45. The predicted octanol–water partition coefficient (Wildman–Crippen LogP) is 0.845. The molecule has 0 spiro atoms. The van der Waals surface area contributed by atoms with Crippen molar-refractivity contribution in [2.24, 2.45) is 5.92 Å². The zero-order valence-electron chi connectivity index (χ0n) is 13.7. The van der Waals surface area contributed by atoms with Gasteiger partial charge in [-0.15, -0.1) is 0 Å². The maximum absolute atomic E-state index is 5.49. The van der Waals surface area contributed by atoms with Gasteiger partial charge in [0.15, 0.2) is 0 Å². The highest BCUT2D eigenvalue weighted by atomic mass is 16.5. The average Bonchev–Trinajstić information content (AvgIpc) is 3.26. The van der Waals surface area contributed by atoms with E-state index in [1.54, 1.807) is 6.33 Å². The van der Waals surface area contributed by atoms with E-state index >= 15 is 0 Å². The molecule has 1 unspecified atom stereocenters. The largest absolute Gasteiger partial charge is 0.381 e. The normalized spacial score (nSPS) is 23.0. The Balaban J connectivity index is 1.46. The van der Waals surface area contributed by atoms with Gasteiger partial charge in [-0.05, 0) is 18.8 Å². The van der Waals surface area contributed by atoms with Crippen LogP contribution in [0.15, 0.2) is 12.4 Å². The number of rotatable bonds is 4. The summed E-state index contributed by atoms with van der Waals surface area (Å²) in [5.74, 6) is 2.54. The molecule has 0 bridgehead atoms. The molecule has 4 heterocycles. The number of nitrogens with zero attached hydrogens (tertiary/aromatic N) is 6. The molecule has 2 fully saturated rings. The molecular weight excluding hydrogens is 292 g/mol. The highest BCUT2D eigenvalue weighted by Gasteiger charge is 2.24. The summed E-state index contributed by atoms with van der Waals surface area (Å²) in [5, 5.41) is 4.34. The van der Waals surface area contributed by atoms with Gasteiger partial charge in [0.1, 0.15) is 12.1 Å². The number of aryl methyl sites for hydroxylation is 1. The van der Waals surface area contributed by atoms with Gasteiger partial charge in [-0.3, -0.25) is 4.90 Å². The van der Waals surface area contributed by atoms with Gasteiger partial charge in [-0.2, -0.15) is 14.6 Å². The first kappa shape index (κ1) is 14.8. The highest BCUT2D eigenvalue weighted by molar-refractivity contribution is 5.47. The molecule has 0 N–H and O–H groups in total. The molecule has 0 saturated carbocycles. The number of aromatic nitrogens is 4. The number of anilines is 1. The maximum Gasteiger partial charge on any atom is 0.254 e. The van der Waals surface area contributed by atoms with Crippen LogP contribution in [0.2, 0.25) is 0 Å². The van der Waals surface area contributed by atoms with E-state index in [0.29, 0.717) is 5.78 Å². The number of piperazine rings is 1. The van der Waals surface area contributed by atoms with Crippen LogP contribution in [0.5, 0.6) is 0 Å². The molecular formula is C16H24N6O. The van der Waals surface area contributed by atoms with Crippen molar-refractivity contribution in [3.8, 4) is 0 Å². The Labute approximate surface area is 136 Å². The fourth-order valence-electron chi connectivity index (χ4n) is 3.50. The van der Waals surface area contributed by atoms with Crippen molar-refractivity contribution in [3.05, 3.63) is 18.1 Å². The summed E-state index contributed by atoms with van der Waals surface area (Å²) in [5.41, 5.74) is 1.08. The lowest BCUT2D eigenvalue weighted by atomic mass is 10.1. The lowest BCUT2D eigenvalue weighted by Crippen LogP contribution is -2.48. The Morgan fingerprint density at radius 2 is 2.13 bits per heavy atom. The second kappa shape index (κ2) is 6.41. The van der Waals surface area contributed by atoms with E-state index in [2.05, 4.69) is 37.9 Å². The van der Waals surface area contributed by atoms with Crippen LogP contribution in [-0.2, 0) is 11.2 Å². The standard InChI is InChI=1S/C16H24N6O/c1-2-14-9-15(22-16(19-14)17-12-18-22)21-6-4-20(5-7-21)10-13-3-8-23-11-13/h9,12-13H,2-8,10-11H2,1H3. The Bertz CT molecular complexity index is 658. The van der Waals surface area contributed by atoms with E-state index in [1.807, 2.05) is 4.52 Å². The lowest BCUT2D eigenvalue weighted by Gasteiger charge is -2.36. The summed E-state index contributed by atoms with van der Waals surface area (Å²) in [6.07, 6.45) is 3.71. The van der Waals surface area contributed by atoms with E-state index < -0.39 is 0 Å². The summed E-state index contributed by atoms with van der Waals surface area (Å²) < 4.78 is 7.35. The monoisotopic (exact) mass is 316 g/mol. The van der Waals surface area contributed by atoms with Crippen molar-refractivity contribution in [2.75, 3.05) is 50.8 Å². The van der Waals surface area contributed by atoms with Crippen molar-refractivity contribution < 1.29 is 4.74 Å². The summed E-state index contributed by atoms with van der Waals surface area (Å²) in [6, 6.07) is 2.15. The molecule has 4 rings (SSSR count). The van der Waals surface area contributed by atoms with E-state index in [4.69, 9.17) is 4.74 Å². The van der Waals surface area contributed by atoms with Crippen LogP contribution in [0.4, 0.5) is 5.82 Å². The first-order valence-electron chi connectivity index (χ1n) is 8.58. The smallest absolute Gasteiger partial charge is 0.254 e. The van der Waals surface area contributed by atoms with Gasteiger partial charge < -0.3 is 9.64 Å². The van der Waals surface area contributed by atoms with Gasteiger partial charge in [0.2, 0.25) is 0 Å². The molecule has 7 nitrogen and oxygen atoms in total. The van der Waals surface area contributed by atoms with Crippen LogP contribution in [-0.4, -0.2) is 70.4 Å².